The Kier molecular flexibility index (Phi) is 5.85. The second-order valence-electron chi connectivity index (χ2n) is 6.65. The molecule has 1 aromatic heterocycles. The number of pyridine rings is 1. The first-order chi connectivity index (χ1) is 12.5. The first-order valence-electron chi connectivity index (χ1n) is 8.78. The number of hydrogen-bond donors (Lipinski definition) is 1. The molecule has 0 spiro atoms. The number of aromatic nitrogens is 1. The van der Waals surface area contributed by atoms with Gasteiger partial charge in [-0.15, -0.1) is 0 Å². The van der Waals surface area contributed by atoms with Gasteiger partial charge >= 0.3 is 0 Å². The van der Waals surface area contributed by atoms with Crippen LogP contribution in [0.1, 0.15) is 22.8 Å². The van der Waals surface area contributed by atoms with Gasteiger partial charge in [-0.1, -0.05) is 17.7 Å². The third-order valence-electron chi connectivity index (χ3n) is 4.32. The summed E-state index contributed by atoms with van der Waals surface area (Å²) in [6.07, 6.45) is 1.75. The number of nitrogens with zero attached hydrogens (tertiary/aromatic N) is 2. The molecule has 1 fully saturated rings. The van der Waals surface area contributed by atoms with Crippen molar-refractivity contribution in [2.24, 2.45) is 0 Å². The maximum Gasteiger partial charge on any atom is 0.257 e. The van der Waals surface area contributed by atoms with Gasteiger partial charge in [0, 0.05) is 32.1 Å². The Labute approximate surface area is 154 Å². The number of benzene rings is 1. The molecule has 2 heterocycles. The fraction of sp³-hybridized carbons (Fsp3) is 0.400. The highest BCUT2D eigenvalue weighted by Gasteiger charge is 2.26. The maximum absolute atomic E-state index is 12.4. The number of aryl methyl sites for hydroxylation is 1. The van der Waals surface area contributed by atoms with Crippen LogP contribution in [-0.4, -0.2) is 49.9 Å². The number of amides is 1. The second-order valence-corrected chi connectivity index (χ2v) is 6.65. The molecule has 3 rings (SSSR count). The molecule has 0 bridgehead atoms. The van der Waals surface area contributed by atoms with Crippen LogP contribution in [0, 0.1) is 6.92 Å². The lowest BCUT2D eigenvalue weighted by Crippen LogP contribution is -2.48. The molecule has 2 aromatic rings. The van der Waals surface area contributed by atoms with Crippen molar-refractivity contribution in [2.45, 2.75) is 26.1 Å². The first-order valence-corrected chi connectivity index (χ1v) is 8.78. The number of morpholine rings is 1. The van der Waals surface area contributed by atoms with Crippen molar-refractivity contribution in [3.8, 4) is 0 Å². The standard InChI is InChI=1S/C20H25N3O3/c1-14-4-7-17(8-5-14)22-20(24)16-6-9-19(21-10-16)23-11-15(2)26-18(12-23)13-25-3/h4-10,15,18H,11-13H2,1-3H3,(H,22,24). The Morgan fingerprint density at radius 2 is 2.04 bits per heavy atom. The minimum absolute atomic E-state index is 0.0232. The molecule has 1 saturated heterocycles. The lowest BCUT2D eigenvalue weighted by atomic mass is 10.2. The Morgan fingerprint density at radius 1 is 1.27 bits per heavy atom. The summed E-state index contributed by atoms with van der Waals surface area (Å²) >= 11 is 0. The van der Waals surface area contributed by atoms with Crippen molar-refractivity contribution in [3.05, 3.63) is 53.7 Å². The molecule has 2 unspecified atom stereocenters. The van der Waals surface area contributed by atoms with E-state index in [1.807, 2.05) is 44.2 Å². The number of methoxy groups -OCH3 is 1. The molecule has 1 aromatic carbocycles. The Morgan fingerprint density at radius 3 is 2.69 bits per heavy atom. The fourth-order valence-electron chi connectivity index (χ4n) is 3.06. The lowest BCUT2D eigenvalue weighted by Gasteiger charge is -2.37. The molecule has 1 aliphatic rings. The van der Waals surface area contributed by atoms with Crippen LogP contribution in [0.25, 0.3) is 0 Å². The summed E-state index contributed by atoms with van der Waals surface area (Å²) in [5.41, 5.74) is 2.46. The van der Waals surface area contributed by atoms with Crippen LogP contribution in [0.3, 0.4) is 0 Å². The Balaban J connectivity index is 1.65. The monoisotopic (exact) mass is 355 g/mol. The van der Waals surface area contributed by atoms with E-state index in [1.165, 1.54) is 0 Å². The molecular formula is C20H25N3O3. The van der Waals surface area contributed by atoms with E-state index in [2.05, 4.69) is 15.2 Å². The van der Waals surface area contributed by atoms with Crippen LogP contribution in [0.4, 0.5) is 11.5 Å². The molecule has 1 aliphatic heterocycles. The number of anilines is 2. The highest BCUT2D eigenvalue weighted by atomic mass is 16.5. The Bertz CT molecular complexity index is 731. The number of ether oxygens (including phenoxy) is 2. The summed E-state index contributed by atoms with van der Waals surface area (Å²) in [5.74, 6) is 0.675. The molecule has 0 radical (unpaired) electrons. The smallest absolute Gasteiger partial charge is 0.257 e. The van der Waals surface area contributed by atoms with Gasteiger partial charge in [-0.2, -0.15) is 0 Å². The maximum atomic E-state index is 12.4. The zero-order valence-corrected chi connectivity index (χ0v) is 15.4. The average molecular weight is 355 g/mol. The van der Waals surface area contributed by atoms with E-state index in [0.29, 0.717) is 12.2 Å². The number of rotatable bonds is 5. The van der Waals surface area contributed by atoms with Gasteiger partial charge in [0.15, 0.2) is 0 Å². The summed E-state index contributed by atoms with van der Waals surface area (Å²) in [6.45, 7) is 6.09. The highest BCUT2D eigenvalue weighted by Crippen LogP contribution is 2.19. The third-order valence-corrected chi connectivity index (χ3v) is 4.32. The van der Waals surface area contributed by atoms with E-state index in [0.717, 1.165) is 30.2 Å². The molecule has 1 N–H and O–H groups in total. The van der Waals surface area contributed by atoms with Crippen molar-refractivity contribution in [1.29, 1.82) is 0 Å². The first kappa shape index (κ1) is 18.4. The van der Waals surface area contributed by atoms with Crippen molar-refractivity contribution >= 4 is 17.4 Å². The predicted octanol–water partition coefficient (Wildman–Crippen LogP) is 2.88. The summed E-state index contributed by atoms with van der Waals surface area (Å²) < 4.78 is 11.1. The SMILES string of the molecule is COCC1CN(c2ccc(C(=O)Nc3ccc(C)cc3)cn2)CC(C)O1. The van der Waals surface area contributed by atoms with Gasteiger partial charge in [0.2, 0.25) is 0 Å². The topological polar surface area (TPSA) is 63.7 Å². The van der Waals surface area contributed by atoms with Crippen molar-refractivity contribution in [2.75, 3.05) is 37.0 Å². The van der Waals surface area contributed by atoms with Crippen LogP contribution >= 0.6 is 0 Å². The zero-order chi connectivity index (χ0) is 18.5. The number of carbonyl (C=O) groups is 1. The van der Waals surface area contributed by atoms with Crippen LogP contribution < -0.4 is 10.2 Å². The molecular weight excluding hydrogens is 330 g/mol. The quantitative estimate of drug-likeness (QED) is 0.893. The van der Waals surface area contributed by atoms with E-state index < -0.39 is 0 Å². The summed E-state index contributed by atoms with van der Waals surface area (Å²) in [4.78, 5) is 19.0. The summed E-state index contributed by atoms with van der Waals surface area (Å²) in [5, 5.41) is 2.89. The van der Waals surface area contributed by atoms with Gasteiger partial charge in [0.05, 0.1) is 24.4 Å². The third kappa shape index (κ3) is 4.59. The number of carbonyl (C=O) groups excluding carboxylic acids is 1. The van der Waals surface area contributed by atoms with Gasteiger partial charge in [0.1, 0.15) is 5.82 Å². The summed E-state index contributed by atoms with van der Waals surface area (Å²) in [7, 11) is 1.67. The molecule has 0 aliphatic carbocycles. The number of hydrogen-bond acceptors (Lipinski definition) is 5. The summed E-state index contributed by atoms with van der Waals surface area (Å²) in [6, 6.07) is 11.4. The van der Waals surface area contributed by atoms with E-state index in [-0.39, 0.29) is 18.1 Å². The van der Waals surface area contributed by atoms with E-state index in [9.17, 15) is 4.79 Å². The van der Waals surface area contributed by atoms with Crippen molar-refractivity contribution < 1.29 is 14.3 Å². The van der Waals surface area contributed by atoms with Crippen LogP contribution in [-0.2, 0) is 9.47 Å². The highest BCUT2D eigenvalue weighted by molar-refractivity contribution is 6.04. The molecule has 26 heavy (non-hydrogen) atoms. The lowest BCUT2D eigenvalue weighted by molar-refractivity contribution is -0.0512. The molecule has 0 saturated carbocycles. The molecule has 138 valence electrons. The van der Waals surface area contributed by atoms with Gasteiger partial charge in [-0.25, -0.2) is 4.98 Å². The zero-order valence-electron chi connectivity index (χ0n) is 15.4. The molecule has 2 atom stereocenters. The fourth-order valence-corrected chi connectivity index (χ4v) is 3.06. The van der Waals surface area contributed by atoms with Gasteiger partial charge in [-0.3, -0.25) is 4.79 Å². The largest absolute Gasteiger partial charge is 0.382 e. The minimum atomic E-state index is -0.166. The second kappa shape index (κ2) is 8.29. The normalized spacial score (nSPS) is 20.0. The van der Waals surface area contributed by atoms with E-state index >= 15 is 0 Å². The predicted molar refractivity (Wildman–Crippen MR) is 102 cm³/mol. The molecule has 1 amide bonds. The van der Waals surface area contributed by atoms with Crippen molar-refractivity contribution in [1.82, 2.24) is 4.98 Å². The van der Waals surface area contributed by atoms with Crippen LogP contribution in [0.15, 0.2) is 42.6 Å². The van der Waals surface area contributed by atoms with E-state index in [1.54, 1.807) is 19.4 Å². The van der Waals surface area contributed by atoms with Gasteiger partial charge in [0.25, 0.3) is 5.91 Å². The Hall–Kier alpha value is -2.44. The van der Waals surface area contributed by atoms with Crippen LogP contribution in [0.5, 0.6) is 0 Å². The number of nitrogens with one attached hydrogen (secondary N) is 1. The van der Waals surface area contributed by atoms with Crippen molar-refractivity contribution in [3.63, 3.8) is 0 Å². The van der Waals surface area contributed by atoms with E-state index in [4.69, 9.17) is 9.47 Å². The van der Waals surface area contributed by atoms with Crippen LogP contribution in [0.2, 0.25) is 0 Å². The van der Waals surface area contributed by atoms with Gasteiger partial charge < -0.3 is 19.7 Å². The molecule has 6 heteroatoms. The average Bonchev–Trinajstić information content (AvgIpc) is 2.63. The molecule has 6 nitrogen and oxygen atoms in total. The van der Waals surface area contributed by atoms with Gasteiger partial charge in [-0.05, 0) is 38.1 Å². The minimum Gasteiger partial charge on any atom is -0.382 e.